The van der Waals surface area contributed by atoms with Crippen molar-refractivity contribution in [1.82, 2.24) is 0 Å². The SMILES string of the molecule is O=C(CCCCCCCCc1ccccc1)O[C@@H]1[C@@H](O)[C@@H](O)O[C@H](CO)[C@H]1OS(=O)(=O)[O-].[Na+]. The summed E-state index contributed by atoms with van der Waals surface area (Å²) in [7, 11) is -5.25. The molecule has 0 unspecified atom stereocenters. The van der Waals surface area contributed by atoms with Crippen molar-refractivity contribution in [3.8, 4) is 0 Å². The maximum atomic E-state index is 12.2. The van der Waals surface area contributed by atoms with Crippen molar-refractivity contribution in [3.63, 3.8) is 0 Å². The molecule has 1 aliphatic heterocycles. The second-order valence-corrected chi connectivity index (χ2v) is 8.78. The quantitative estimate of drug-likeness (QED) is 0.0894. The van der Waals surface area contributed by atoms with Crippen molar-refractivity contribution < 1.29 is 76.3 Å². The molecule has 0 radical (unpaired) electrons. The predicted molar refractivity (Wildman–Crippen MR) is 111 cm³/mol. The second kappa shape index (κ2) is 15.4. The molecule has 0 aromatic heterocycles. The third-order valence-electron chi connectivity index (χ3n) is 5.25. The van der Waals surface area contributed by atoms with Crippen molar-refractivity contribution in [2.75, 3.05) is 6.61 Å². The molecular weight excluding hydrogens is 467 g/mol. The summed E-state index contributed by atoms with van der Waals surface area (Å²) in [5.74, 6) is -0.749. The molecule has 33 heavy (non-hydrogen) atoms. The van der Waals surface area contributed by atoms with Crippen LogP contribution in [-0.2, 0) is 35.3 Å². The van der Waals surface area contributed by atoms with Crippen molar-refractivity contribution in [1.29, 1.82) is 0 Å². The van der Waals surface area contributed by atoms with Gasteiger partial charge in [0.15, 0.2) is 12.4 Å². The van der Waals surface area contributed by atoms with Gasteiger partial charge in [0.25, 0.3) is 0 Å². The number of carbonyl (C=O) groups excluding carboxylic acids is 1. The van der Waals surface area contributed by atoms with Gasteiger partial charge in [0.2, 0.25) is 10.4 Å². The first-order valence-electron chi connectivity index (χ1n) is 10.7. The number of unbranched alkanes of at least 4 members (excludes halogenated alkanes) is 5. The molecule has 1 fully saturated rings. The van der Waals surface area contributed by atoms with Crippen LogP contribution in [0.1, 0.15) is 50.5 Å². The Hall–Kier alpha value is -0.600. The Bertz CT molecular complexity index is 791. The molecule has 2 rings (SSSR count). The molecule has 182 valence electrons. The molecule has 0 bridgehead atoms. The summed E-state index contributed by atoms with van der Waals surface area (Å²) in [5.41, 5.74) is 1.31. The van der Waals surface area contributed by atoms with Crippen LogP contribution < -0.4 is 29.6 Å². The number of aliphatic hydroxyl groups excluding tert-OH is 3. The van der Waals surface area contributed by atoms with Gasteiger partial charge in [0.05, 0.1) is 6.61 Å². The van der Waals surface area contributed by atoms with Crippen molar-refractivity contribution in [2.45, 2.75) is 82.1 Å². The van der Waals surface area contributed by atoms with Crippen LogP contribution in [0.4, 0.5) is 0 Å². The average Bonchev–Trinajstić information content (AvgIpc) is 2.75. The molecule has 1 aromatic carbocycles. The van der Waals surface area contributed by atoms with Gasteiger partial charge in [-0.05, 0) is 24.8 Å². The molecule has 0 aliphatic carbocycles. The maximum absolute atomic E-state index is 12.2. The fourth-order valence-corrected chi connectivity index (χ4v) is 4.11. The van der Waals surface area contributed by atoms with E-state index in [2.05, 4.69) is 16.3 Å². The topological polar surface area (TPSA) is 163 Å². The van der Waals surface area contributed by atoms with E-state index in [1.807, 2.05) is 18.2 Å². The first-order valence-corrected chi connectivity index (χ1v) is 12.0. The van der Waals surface area contributed by atoms with Gasteiger partial charge in [-0.15, -0.1) is 0 Å². The van der Waals surface area contributed by atoms with Crippen molar-refractivity contribution in [2.24, 2.45) is 0 Å². The Morgan fingerprint density at radius 1 is 1.00 bits per heavy atom. The van der Waals surface area contributed by atoms with Crippen LogP contribution in [0.25, 0.3) is 0 Å². The molecule has 3 N–H and O–H groups in total. The molecule has 5 atom stereocenters. The fourth-order valence-electron chi connectivity index (χ4n) is 3.60. The maximum Gasteiger partial charge on any atom is 1.00 e. The molecule has 1 heterocycles. The average molecular weight is 499 g/mol. The fraction of sp³-hybridized carbons (Fsp3) is 0.667. The third kappa shape index (κ3) is 11.1. The molecule has 0 amide bonds. The van der Waals surface area contributed by atoms with E-state index in [0.29, 0.717) is 6.42 Å². The third-order valence-corrected chi connectivity index (χ3v) is 5.71. The van der Waals surface area contributed by atoms with Gasteiger partial charge in [-0.25, -0.2) is 8.42 Å². The largest absolute Gasteiger partial charge is 1.00 e. The number of aliphatic hydroxyl groups is 3. The van der Waals surface area contributed by atoms with Crippen LogP contribution >= 0.6 is 0 Å². The van der Waals surface area contributed by atoms with Gasteiger partial charge in [-0.1, -0.05) is 56.0 Å². The molecule has 0 spiro atoms. The molecule has 1 aromatic rings. The smallest absolute Gasteiger partial charge is 0.726 e. The normalized spacial score (nSPS) is 25.3. The Kier molecular flexibility index (Phi) is 14.2. The standard InChI is InChI=1S/C21H32O10S.Na/c22-14-16-19(31-32(26,27)28)20(18(24)21(25)29-16)30-17(23)13-9-4-2-1-3-6-10-15-11-7-5-8-12-15;/h5,7-8,11-12,16,18-22,24-25H,1-4,6,9-10,13-14H2,(H,26,27,28);/q;+1/p-1/t16-,18-,19-,20-,21+;/m1./s1. The van der Waals surface area contributed by atoms with E-state index in [4.69, 9.17) is 9.47 Å². The predicted octanol–water partition coefficient (Wildman–Crippen LogP) is -2.21. The molecule has 12 heteroatoms. The van der Waals surface area contributed by atoms with E-state index in [1.165, 1.54) is 5.56 Å². The minimum Gasteiger partial charge on any atom is -0.726 e. The minimum absolute atomic E-state index is 0. The number of hydrogen-bond acceptors (Lipinski definition) is 10. The molecular formula is C21H31NaO10S. The van der Waals surface area contributed by atoms with Crippen LogP contribution in [0.5, 0.6) is 0 Å². The Labute approximate surface area is 216 Å². The number of hydrogen-bond donors (Lipinski definition) is 3. The summed E-state index contributed by atoms with van der Waals surface area (Å²) in [6.45, 7) is -0.831. The molecule has 10 nitrogen and oxygen atoms in total. The zero-order chi connectivity index (χ0) is 23.6. The Balaban J connectivity index is 0.00000544. The van der Waals surface area contributed by atoms with Crippen LogP contribution in [0.15, 0.2) is 30.3 Å². The Morgan fingerprint density at radius 3 is 2.21 bits per heavy atom. The Morgan fingerprint density at radius 2 is 1.61 bits per heavy atom. The number of aryl methyl sites for hydroxylation is 1. The first kappa shape index (κ1) is 30.4. The minimum atomic E-state index is -5.25. The van der Waals surface area contributed by atoms with Gasteiger partial charge < -0.3 is 29.3 Å². The van der Waals surface area contributed by atoms with E-state index in [1.54, 1.807) is 0 Å². The van der Waals surface area contributed by atoms with Crippen LogP contribution in [-0.4, -0.2) is 71.6 Å². The van der Waals surface area contributed by atoms with Gasteiger partial charge in [0.1, 0.15) is 18.3 Å². The second-order valence-electron chi connectivity index (χ2n) is 7.77. The monoisotopic (exact) mass is 498 g/mol. The van der Waals surface area contributed by atoms with Gasteiger partial charge in [-0.2, -0.15) is 0 Å². The molecule has 1 aliphatic rings. The molecule has 1 saturated heterocycles. The zero-order valence-corrected chi connectivity index (χ0v) is 21.6. The number of carbonyl (C=O) groups is 1. The van der Waals surface area contributed by atoms with Crippen molar-refractivity contribution in [3.05, 3.63) is 35.9 Å². The summed E-state index contributed by atoms with van der Waals surface area (Å²) in [4.78, 5) is 12.2. The number of esters is 1. The van der Waals surface area contributed by atoms with Crippen molar-refractivity contribution >= 4 is 16.4 Å². The summed E-state index contributed by atoms with van der Waals surface area (Å²) in [6, 6.07) is 10.2. The summed E-state index contributed by atoms with van der Waals surface area (Å²) < 4.78 is 47.2. The van der Waals surface area contributed by atoms with Crippen LogP contribution in [0.2, 0.25) is 0 Å². The van der Waals surface area contributed by atoms with Gasteiger partial charge in [-0.3, -0.25) is 8.98 Å². The number of benzene rings is 1. The number of rotatable bonds is 13. The summed E-state index contributed by atoms with van der Waals surface area (Å²) >= 11 is 0. The van der Waals surface area contributed by atoms with Crippen LogP contribution in [0.3, 0.4) is 0 Å². The first-order chi connectivity index (χ1) is 15.2. The van der Waals surface area contributed by atoms with E-state index in [9.17, 15) is 33.1 Å². The van der Waals surface area contributed by atoms with E-state index < -0.39 is 53.7 Å². The van der Waals surface area contributed by atoms with E-state index in [0.717, 1.165) is 38.5 Å². The summed E-state index contributed by atoms with van der Waals surface area (Å²) in [5, 5.41) is 29.0. The van der Waals surface area contributed by atoms with Gasteiger partial charge in [0, 0.05) is 6.42 Å². The number of ether oxygens (including phenoxy) is 2. The summed E-state index contributed by atoms with van der Waals surface area (Å²) in [6.07, 6.45) is -2.17. The van der Waals surface area contributed by atoms with Gasteiger partial charge >= 0.3 is 35.5 Å². The van der Waals surface area contributed by atoms with E-state index in [-0.39, 0.29) is 36.0 Å². The zero-order valence-electron chi connectivity index (χ0n) is 18.7. The van der Waals surface area contributed by atoms with Crippen LogP contribution in [0, 0.1) is 0 Å². The van der Waals surface area contributed by atoms with E-state index >= 15 is 0 Å². The molecule has 0 saturated carbocycles.